The minimum absolute atomic E-state index is 0.268. The normalized spacial score (nSPS) is 10.7. The Morgan fingerprint density at radius 1 is 0.815 bits per heavy atom. The molecule has 3 N–H and O–H groups in total. The van der Waals surface area contributed by atoms with Gasteiger partial charge in [-0.05, 0) is 28.5 Å². The van der Waals surface area contributed by atoms with Crippen molar-refractivity contribution < 1.29 is 9.59 Å². The molecule has 4 rings (SSSR count). The Morgan fingerprint density at radius 2 is 1.52 bits per heavy atom. The Kier molecular flexibility index (Phi) is 4.44. The van der Waals surface area contributed by atoms with Crippen LogP contribution in [0, 0.1) is 0 Å². The molecule has 0 spiro atoms. The Balaban J connectivity index is 1.72. The zero-order valence-corrected chi connectivity index (χ0v) is 15.1. The van der Waals surface area contributed by atoms with Gasteiger partial charge in [0.1, 0.15) is 5.00 Å². The number of primary amides is 1. The summed E-state index contributed by atoms with van der Waals surface area (Å²) < 4.78 is 0. The SMILES string of the molecule is NC(=O)c1cc(-c2ccccc2)sc1NC(=O)c1cccc2ccccc12. The van der Waals surface area contributed by atoms with Crippen LogP contribution in [0.5, 0.6) is 0 Å². The molecule has 0 unspecified atom stereocenters. The number of fused-ring (bicyclic) bond motifs is 1. The molecule has 0 fully saturated rings. The molecule has 5 heteroatoms. The second kappa shape index (κ2) is 7.05. The molecule has 0 atom stereocenters. The van der Waals surface area contributed by atoms with E-state index < -0.39 is 5.91 Å². The largest absolute Gasteiger partial charge is 0.366 e. The van der Waals surface area contributed by atoms with Gasteiger partial charge >= 0.3 is 0 Å². The van der Waals surface area contributed by atoms with Gasteiger partial charge in [0, 0.05) is 10.4 Å². The second-order valence-electron chi connectivity index (χ2n) is 6.06. The minimum Gasteiger partial charge on any atom is -0.366 e. The van der Waals surface area contributed by atoms with E-state index in [1.807, 2.05) is 66.7 Å². The zero-order valence-electron chi connectivity index (χ0n) is 14.3. The first-order chi connectivity index (χ1) is 13.1. The first kappa shape index (κ1) is 17.0. The van der Waals surface area contributed by atoms with Crippen LogP contribution in [0.1, 0.15) is 20.7 Å². The van der Waals surface area contributed by atoms with E-state index in [4.69, 9.17) is 5.73 Å². The highest BCUT2D eigenvalue weighted by molar-refractivity contribution is 7.20. The highest BCUT2D eigenvalue weighted by Gasteiger charge is 2.18. The molecule has 132 valence electrons. The van der Waals surface area contributed by atoms with Crippen LogP contribution in [0.4, 0.5) is 5.00 Å². The van der Waals surface area contributed by atoms with Gasteiger partial charge in [0.25, 0.3) is 11.8 Å². The topological polar surface area (TPSA) is 72.2 Å². The van der Waals surface area contributed by atoms with Crippen LogP contribution in [-0.2, 0) is 0 Å². The Hall–Kier alpha value is -3.44. The number of rotatable bonds is 4. The van der Waals surface area contributed by atoms with Gasteiger partial charge in [0.2, 0.25) is 0 Å². The van der Waals surface area contributed by atoms with E-state index >= 15 is 0 Å². The van der Waals surface area contributed by atoms with Crippen molar-refractivity contribution in [2.75, 3.05) is 5.32 Å². The van der Waals surface area contributed by atoms with Gasteiger partial charge in [-0.15, -0.1) is 11.3 Å². The lowest BCUT2D eigenvalue weighted by molar-refractivity contribution is 0.100. The van der Waals surface area contributed by atoms with Crippen molar-refractivity contribution >= 4 is 38.9 Å². The molecule has 4 nitrogen and oxygen atoms in total. The number of nitrogens with two attached hydrogens (primary N) is 1. The molecule has 0 saturated carbocycles. The van der Waals surface area contributed by atoms with Crippen LogP contribution in [0.3, 0.4) is 0 Å². The summed E-state index contributed by atoms with van der Waals surface area (Å²) in [5.74, 6) is -0.836. The number of anilines is 1. The van der Waals surface area contributed by atoms with Gasteiger partial charge in [-0.3, -0.25) is 9.59 Å². The fraction of sp³-hybridized carbons (Fsp3) is 0. The molecule has 0 aliphatic rings. The third-order valence-electron chi connectivity index (χ3n) is 4.32. The number of thiophene rings is 1. The Bertz CT molecular complexity index is 1140. The van der Waals surface area contributed by atoms with Crippen molar-refractivity contribution in [2.45, 2.75) is 0 Å². The van der Waals surface area contributed by atoms with Crippen molar-refractivity contribution in [1.29, 1.82) is 0 Å². The molecule has 0 aliphatic carbocycles. The summed E-state index contributed by atoms with van der Waals surface area (Å²) in [5, 5.41) is 5.17. The Labute approximate surface area is 160 Å². The van der Waals surface area contributed by atoms with Crippen molar-refractivity contribution in [2.24, 2.45) is 5.73 Å². The number of benzene rings is 3. The van der Waals surface area contributed by atoms with Gasteiger partial charge in [-0.2, -0.15) is 0 Å². The van der Waals surface area contributed by atoms with E-state index in [0.29, 0.717) is 16.1 Å². The monoisotopic (exact) mass is 372 g/mol. The van der Waals surface area contributed by atoms with Gasteiger partial charge in [-0.1, -0.05) is 66.7 Å². The first-order valence-corrected chi connectivity index (χ1v) is 9.23. The summed E-state index contributed by atoms with van der Waals surface area (Å²) in [6, 6.07) is 24.7. The second-order valence-corrected chi connectivity index (χ2v) is 7.12. The Morgan fingerprint density at radius 3 is 2.30 bits per heavy atom. The molecular formula is C22H16N2O2S. The number of hydrogen-bond donors (Lipinski definition) is 2. The van der Waals surface area contributed by atoms with Crippen LogP contribution in [0.25, 0.3) is 21.2 Å². The fourth-order valence-electron chi connectivity index (χ4n) is 3.01. The molecule has 1 aromatic heterocycles. The lowest BCUT2D eigenvalue weighted by atomic mass is 10.0. The molecule has 0 aliphatic heterocycles. The van der Waals surface area contributed by atoms with Crippen molar-refractivity contribution in [3.63, 3.8) is 0 Å². The van der Waals surface area contributed by atoms with E-state index in [9.17, 15) is 9.59 Å². The van der Waals surface area contributed by atoms with Crippen LogP contribution < -0.4 is 11.1 Å². The maximum atomic E-state index is 12.9. The maximum Gasteiger partial charge on any atom is 0.256 e. The summed E-state index contributed by atoms with van der Waals surface area (Å²) in [4.78, 5) is 25.6. The number of nitrogens with one attached hydrogen (secondary N) is 1. The summed E-state index contributed by atoms with van der Waals surface area (Å²) >= 11 is 1.34. The van der Waals surface area contributed by atoms with Crippen LogP contribution in [-0.4, -0.2) is 11.8 Å². The van der Waals surface area contributed by atoms with E-state index in [-0.39, 0.29) is 5.91 Å². The van der Waals surface area contributed by atoms with E-state index in [1.54, 1.807) is 12.1 Å². The van der Waals surface area contributed by atoms with Gasteiger partial charge in [0.15, 0.2) is 0 Å². The summed E-state index contributed by atoms with van der Waals surface area (Å²) in [5.41, 5.74) is 7.36. The maximum absolute atomic E-state index is 12.9. The van der Waals surface area contributed by atoms with Crippen LogP contribution >= 0.6 is 11.3 Å². The number of amides is 2. The molecule has 27 heavy (non-hydrogen) atoms. The molecule has 4 aromatic rings. The molecule has 3 aromatic carbocycles. The molecule has 1 heterocycles. The minimum atomic E-state index is -0.568. The van der Waals surface area contributed by atoms with E-state index in [2.05, 4.69) is 5.32 Å². The fourth-order valence-corrected chi connectivity index (χ4v) is 4.07. The smallest absolute Gasteiger partial charge is 0.256 e. The summed E-state index contributed by atoms with van der Waals surface area (Å²) in [6.45, 7) is 0. The lowest BCUT2D eigenvalue weighted by Gasteiger charge is -2.07. The summed E-state index contributed by atoms with van der Waals surface area (Å²) in [7, 11) is 0. The predicted octanol–water partition coefficient (Wildman–Crippen LogP) is 4.92. The van der Waals surface area contributed by atoms with Crippen molar-refractivity contribution in [3.8, 4) is 10.4 Å². The third-order valence-corrected chi connectivity index (χ3v) is 5.42. The number of hydrogen-bond acceptors (Lipinski definition) is 3. The molecule has 0 bridgehead atoms. The van der Waals surface area contributed by atoms with Crippen LogP contribution in [0.15, 0.2) is 78.9 Å². The predicted molar refractivity (Wildman–Crippen MR) is 110 cm³/mol. The average molecular weight is 372 g/mol. The van der Waals surface area contributed by atoms with Gasteiger partial charge in [-0.25, -0.2) is 0 Å². The highest BCUT2D eigenvalue weighted by Crippen LogP contribution is 2.35. The number of carbonyl (C=O) groups is 2. The zero-order chi connectivity index (χ0) is 18.8. The van der Waals surface area contributed by atoms with Crippen molar-refractivity contribution in [1.82, 2.24) is 0 Å². The molecular weight excluding hydrogens is 356 g/mol. The molecule has 2 amide bonds. The molecule has 0 saturated heterocycles. The lowest BCUT2D eigenvalue weighted by Crippen LogP contribution is -2.16. The third kappa shape index (κ3) is 3.32. The van der Waals surface area contributed by atoms with Crippen LogP contribution in [0.2, 0.25) is 0 Å². The van der Waals surface area contributed by atoms with Crippen molar-refractivity contribution in [3.05, 3.63) is 90.0 Å². The standard InChI is InChI=1S/C22H16N2O2S/c23-20(25)18-13-19(15-8-2-1-3-9-15)27-22(18)24-21(26)17-12-6-10-14-7-4-5-11-16(14)17/h1-13H,(H2,23,25)(H,24,26). The molecule has 0 radical (unpaired) electrons. The summed E-state index contributed by atoms with van der Waals surface area (Å²) in [6.07, 6.45) is 0. The quantitative estimate of drug-likeness (QED) is 0.534. The first-order valence-electron chi connectivity index (χ1n) is 8.41. The van der Waals surface area contributed by atoms with E-state index in [0.717, 1.165) is 21.2 Å². The highest BCUT2D eigenvalue weighted by atomic mass is 32.1. The van der Waals surface area contributed by atoms with Gasteiger partial charge < -0.3 is 11.1 Å². The van der Waals surface area contributed by atoms with Gasteiger partial charge in [0.05, 0.1) is 5.56 Å². The average Bonchev–Trinajstić information content (AvgIpc) is 3.12. The van der Waals surface area contributed by atoms with E-state index in [1.165, 1.54) is 11.3 Å². The number of carbonyl (C=O) groups excluding carboxylic acids is 2.